The number of amides is 2. The summed E-state index contributed by atoms with van der Waals surface area (Å²) in [7, 11) is 1.68. The van der Waals surface area contributed by atoms with Crippen LogP contribution in [0.15, 0.2) is 0 Å². The number of nitrogens with zero attached hydrogens (tertiary/aromatic N) is 1. The van der Waals surface area contributed by atoms with Gasteiger partial charge in [-0.3, -0.25) is 0 Å². The molecule has 6 heteroatoms. The summed E-state index contributed by atoms with van der Waals surface area (Å²) < 4.78 is 5.11. The van der Waals surface area contributed by atoms with Crippen LogP contribution in [0.3, 0.4) is 0 Å². The third kappa shape index (κ3) is 4.70. The first kappa shape index (κ1) is 15.8. The number of rotatable bonds is 5. The number of methoxy groups -OCH3 is 1. The highest BCUT2D eigenvalue weighted by Crippen LogP contribution is 2.17. The number of urea groups is 1. The summed E-state index contributed by atoms with van der Waals surface area (Å²) in [4.78, 5) is 24.7. The molecule has 1 atom stereocenters. The van der Waals surface area contributed by atoms with E-state index in [1.54, 1.807) is 25.9 Å². The predicted octanol–water partition coefficient (Wildman–Crippen LogP) is 1.16. The van der Waals surface area contributed by atoms with Crippen molar-refractivity contribution in [2.45, 2.75) is 32.7 Å². The maximum atomic E-state index is 12.0. The number of carboxylic acid groups (broad SMARTS) is 1. The first-order valence-corrected chi connectivity index (χ1v) is 6.72. The summed E-state index contributed by atoms with van der Waals surface area (Å²) in [6, 6.07) is -1.11. The Balaban J connectivity index is 2.44. The lowest BCUT2D eigenvalue weighted by Gasteiger charge is -2.32. The number of hydrogen-bond donors (Lipinski definition) is 2. The fraction of sp³-hybridized carbons (Fsp3) is 0.846. The zero-order valence-electron chi connectivity index (χ0n) is 11.9. The summed E-state index contributed by atoms with van der Waals surface area (Å²) in [6.45, 7) is 5.60. The molecule has 2 N–H and O–H groups in total. The maximum absolute atomic E-state index is 12.0. The monoisotopic (exact) mass is 272 g/mol. The quantitative estimate of drug-likeness (QED) is 0.787. The Morgan fingerprint density at radius 3 is 2.37 bits per heavy atom. The Kier molecular flexibility index (Phi) is 6.08. The molecule has 1 saturated heterocycles. The molecule has 0 saturated carbocycles. The van der Waals surface area contributed by atoms with Crippen molar-refractivity contribution >= 4 is 12.0 Å². The molecule has 110 valence electrons. The summed E-state index contributed by atoms with van der Waals surface area (Å²) >= 11 is 0. The molecular formula is C13H24N2O4. The van der Waals surface area contributed by atoms with E-state index in [0.29, 0.717) is 19.0 Å². The highest BCUT2D eigenvalue weighted by Gasteiger charge is 2.28. The Labute approximate surface area is 114 Å². The number of ether oxygens (including phenoxy) is 1. The average Bonchev–Trinajstić information content (AvgIpc) is 2.36. The third-order valence-electron chi connectivity index (χ3n) is 3.52. The van der Waals surface area contributed by atoms with Crippen molar-refractivity contribution in [3.63, 3.8) is 0 Å². The normalized spacial score (nSPS) is 18.4. The molecule has 0 aromatic rings. The van der Waals surface area contributed by atoms with Crippen molar-refractivity contribution in [3.8, 4) is 0 Å². The van der Waals surface area contributed by atoms with Gasteiger partial charge in [-0.15, -0.1) is 0 Å². The number of hydrogen-bond acceptors (Lipinski definition) is 3. The fourth-order valence-corrected chi connectivity index (χ4v) is 2.28. The molecule has 0 aromatic heterocycles. The van der Waals surface area contributed by atoms with Gasteiger partial charge in [0.15, 0.2) is 0 Å². The average molecular weight is 272 g/mol. The van der Waals surface area contributed by atoms with Crippen LogP contribution in [0.5, 0.6) is 0 Å². The zero-order valence-corrected chi connectivity index (χ0v) is 11.9. The van der Waals surface area contributed by atoms with Crippen molar-refractivity contribution in [1.82, 2.24) is 10.2 Å². The van der Waals surface area contributed by atoms with Gasteiger partial charge in [0, 0.05) is 26.8 Å². The second kappa shape index (κ2) is 7.33. The lowest BCUT2D eigenvalue weighted by Crippen LogP contribution is -2.52. The van der Waals surface area contributed by atoms with E-state index in [0.717, 1.165) is 19.4 Å². The van der Waals surface area contributed by atoms with Gasteiger partial charge in [-0.25, -0.2) is 9.59 Å². The number of nitrogens with one attached hydrogen (secondary N) is 1. The van der Waals surface area contributed by atoms with Crippen molar-refractivity contribution < 1.29 is 19.4 Å². The van der Waals surface area contributed by atoms with E-state index in [1.807, 2.05) is 0 Å². The molecule has 19 heavy (non-hydrogen) atoms. The highest BCUT2D eigenvalue weighted by atomic mass is 16.5. The minimum atomic E-state index is -0.988. The molecule has 0 aromatic carbocycles. The highest BCUT2D eigenvalue weighted by molar-refractivity contribution is 5.82. The van der Waals surface area contributed by atoms with Gasteiger partial charge in [-0.2, -0.15) is 0 Å². The molecule has 6 nitrogen and oxygen atoms in total. The lowest BCUT2D eigenvalue weighted by molar-refractivity contribution is -0.140. The number of carbonyl (C=O) groups excluding carboxylic acids is 1. The first-order valence-electron chi connectivity index (χ1n) is 6.72. The van der Waals surface area contributed by atoms with Gasteiger partial charge in [0.05, 0.1) is 0 Å². The van der Waals surface area contributed by atoms with Gasteiger partial charge in [0.1, 0.15) is 6.04 Å². The van der Waals surface area contributed by atoms with Crippen LogP contribution in [0.25, 0.3) is 0 Å². The Morgan fingerprint density at radius 2 is 1.95 bits per heavy atom. The van der Waals surface area contributed by atoms with Crippen LogP contribution in [0, 0.1) is 11.8 Å². The van der Waals surface area contributed by atoms with Crippen LogP contribution < -0.4 is 5.32 Å². The zero-order chi connectivity index (χ0) is 14.4. The molecule has 0 aliphatic carbocycles. The smallest absolute Gasteiger partial charge is 0.326 e. The molecule has 0 spiro atoms. The fourth-order valence-electron chi connectivity index (χ4n) is 2.28. The minimum absolute atomic E-state index is 0.132. The molecule has 0 radical (unpaired) electrons. The third-order valence-corrected chi connectivity index (χ3v) is 3.52. The van der Waals surface area contributed by atoms with E-state index in [1.165, 1.54) is 0 Å². The van der Waals surface area contributed by atoms with Crippen LogP contribution in [-0.2, 0) is 9.53 Å². The Hall–Kier alpha value is -1.30. The van der Waals surface area contributed by atoms with Crippen molar-refractivity contribution in [2.24, 2.45) is 11.8 Å². The van der Waals surface area contributed by atoms with Gasteiger partial charge in [0.25, 0.3) is 0 Å². The summed E-state index contributed by atoms with van der Waals surface area (Å²) in [5.74, 6) is -0.625. The number of carbonyl (C=O) groups is 2. The van der Waals surface area contributed by atoms with E-state index >= 15 is 0 Å². The summed E-state index contributed by atoms with van der Waals surface area (Å²) in [5, 5.41) is 11.6. The van der Waals surface area contributed by atoms with Gasteiger partial charge < -0.3 is 20.1 Å². The van der Waals surface area contributed by atoms with Crippen molar-refractivity contribution in [1.29, 1.82) is 0 Å². The van der Waals surface area contributed by atoms with Crippen molar-refractivity contribution in [2.75, 3.05) is 26.8 Å². The van der Waals surface area contributed by atoms with E-state index in [4.69, 9.17) is 9.84 Å². The molecule has 0 bridgehead atoms. The van der Waals surface area contributed by atoms with Crippen LogP contribution in [0.2, 0.25) is 0 Å². The largest absolute Gasteiger partial charge is 0.480 e. The minimum Gasteiger partial charge on any atom is -0.480 e. The summed E-state index contributed by atoms with van der Waals surface area (Å²) in [5.41, 5.74) is 0. The van der Waals surface area contributed by atoms with Gasteiger partial charge in [-0.1, -0.05) is 13.8 Å². The maximum Gasteiger partial charge on any atom is 0.326 e. The molecule has 1 aliphatic heterocycles. The van der Waals surface area contributed by atoms with Crippen LogP contribution in [0.4, 0.5) is 4.79 Å². The van der Waals surface area contributed by atoms with Crippen LogP contribution >= 0.6 is 0 Å². The Bertz CT molecular complexity index is 312. The van der Waals surface area contributed by atoms with E-state index in [9.17, 15) is 9.59 Å². The lowest BCUT2D eigenvalue weighted by atomic mass is 9.98. The molecule has 1 fully saturated rings. The molecule has 2 amide bonds. The van der Waals surface area contributed by atoms with Gasteiger partial charge in [-0.05, 0) is 24.7 Å². The standard InChI is InChI=1S/C13H24N2O4/c1-9(2)11(12(16)17)14-13(18)15-6-4-10(5-7-15)8-19-3/h9-11H,4-8H2,1-3H3,(H,14,18)(H,16,17)/t11-/m1/s1. The number of piperidine rings is 1. The topological polar surface area (TPSA) is 78.9 Å². The van der Waals surface area contributed by atoms with Gasteiger partial charge in [0.2, 0.25) is 0 Å². The van der Waals surface area contributed by atoms with Crippen LogP contribution in [-0.4, -0.2) is 54.9 Å². The first-order chi connectivity index (χ1) is 8.95. The molecule has 0 unspecified atom stereocenters. The Morgan fingerprint density at radius 1 is 1.37 bits per heavy atom. The molecule has 1 heterocycles. The SMILES string of the molecule is COCC1CCN(C(=O)N[C@@H](C(=O)O)C(C)C)CC1. The van der Waals surface area contributed by atoms with Crippen molar-refractivity contribution in [3.05, 3.63) is 0 Å². The molecule has 1 rings (SSSR count). The van der Waals surface area contributed by atoms with E-state index in [-0.39, 0.29) is 11.9 Å². The molecular weight excluding hydrogens is 248 g/mol. The number of carboxylic acids is 1. The van der Waals surface area contributed by atoms with Crippen LogP contribution in [0.1, 0.15) is 26.7 Å². The van der Waals surface area contributed by atoms with E-state index in [2.05, 4.69) is 5.32 Å². The van der Waals surface area contributed by atoms with E-state index < -0.39 is 12.0 Å². The number of aliphatic carboxylic acids is 1. The molecule has 1 aliphatic rings. The number of likely N-dealkylation sites (tertiary alicyclic amines) is 1. The summed E-state index contributed by atoms with van der Waals surface area (Å²) in [6.07, 6.45) is 1.81. The second-order valence-electron chi connectivity index (χ2n) is 5.40. The second-order valence-corrected chi connectivity index (χ2v) is 5.40. The van der Waals surface area contributed by atoms with Gasteiger partial charge >= 0.3 is 12.0 Å². The predicted molar refractivity (Wildman–Crippen MR) is 71.0 cm³/mol.